The van der Waals surface area contributed by atoms with Crippen molar-refractivity contribution in [2.45, 2.75) is 26.3 Å². The van der Waals surface area contributed by atoms with E-state index in [1.54, 1.807) is 24.3 Å². The maximum Gasteiger partial charge on any atom is 0.257 e. The van der Waals surface area contributed by atoms with Crippen LogP contribution in [0.15, 0.2) is 66.0 Å². The standard InChI is InChI=1S/C23H23N3O3S/c1-15-7-5-8-17(13-15)25-23(29)18-9-3-4-10-19(18)26-22(28)14-20(24-16(2)27)21-11-6-12-30-21/h3-13,20H,14H2,1-2H3,(H,24,27)(H,25,29)(H,26,28). The average Bonchev–Trinajstić information content (AvgIpc) is 3.22. The largest absolute Gasteiger partial charge is 0.348 e. The van der Waals surface area contributed by atoms with Crippen LogP contribution in [0.3, 0.4) is 0 Å². The van der Waals surface area contributed by atoms with Gasteiger partial charge in [0.1, 0.15) is 0 Å². The topological polar surface area (TPSA) is 87.3 Å². The molecule has 3 aromatic rings. The Hall–Kier alpha value is -3.45. The molecule has 0 radical (unpaired) electrons. The number of hydrogen-bond acceptors (Lipinski definition) is 4. The van der Waals surface area contributed by atoms with Crippen LogP contribution in [-0.4, -0.2) is 17.7 Å². The van der Waals surface area contributed by atoms with Crippen LogP contribution in [0.25, 0.3) is 0 Å². The first-order valence-electron chi connectivity index (χ1n) is 9.50. The third-order valence-electron chi connectivity index (χ3n) is 4.38. The van der Waals surface area contributed by atoms with E-state index in [9.17, 15) is 14.4 Å². The molecular weight excluding hydrogens is 398 g/mol. The predicted molar refractivity (Wildman–Crippen MR) is 120 cm³/mol. The van der Waals surface area contributed by atoms with Gasteiger partial charge in [-0.3, -0.25) is 14.4 Å². The van der Waals surface area contributed by atoms with Gasteiger partial charge in [0.25, 0.3) is 5.91 Å². The quantitative estimate of drug-likeness (QED) is 0.524. The Morgan fingerprint density at radius 2 is 1.77 bits per heavy atom. The van der Waals surface area contributed by atoms with Gasteiger partial charge in [0.15, 0.2) is 0 Å². The van der Waals surface area contributed by atoms with E-state index < -0.39 is 6.04 Å². The lowest BCUT2D eigenvalue weighted by Gasteiger charge is -2.17. The van der Waals surface area contributed by atoms with Crippen molar-refractivity contribution >= 4 is 40.4 Å². The summed E-state index contributed by atoms with van der Waals surface area (Å²) in [4.78, 5) is 37.9. The summed E-state index contributed by atoms with van der Waals surface area (Å²) in [6, 6.07) is 17.7. The summed E-state index contributed by atoms with van der Waals surface area (Å²) in [7, 11) is 0. The maximum absolute atomic E-state index is 12.8. The van der Waals surface area contributed by atoms with Crippen LogP contribution in [0.1, 0.15) is 40.2 Å². The molecule has 0 aliphatic rings. The number of benzene rings is 2. The molecule has 3 N–H and O–H groups in total. The van der Waals surface area contributed by atoms with E-state index in [4.69, 9.17) is 0 Å². The number of nitrogens with one attached hydrogen (secondary N) is 3. The molecule has 3 amide bonds. The molecule has 0 saturated carbocycles. The number of thiophene rings is 1. The van der Waals surface area contributed by atoms with Crippen molar-refractivity contribution in [3.63, 3.8) is 0 Å². The Morgan fingerprint density at radius 1 is 0.967 bits per heavy atom. The van der Waals surface area contributed by atoms with Crippen LogP contribution in [0.2, 0.25) is 0 Å². The summed E-state index contributed by atoms with van der Waals surface area (Å²) in [5.41, 5.74) is 2.50. The minimum absolute atomic E-state index is 0.0634. The number of hydrogen-bond donors (Lipinski definition) is 3. The molecule has 1 heterocycles. The second-order valence-electron chi connectivity index (χ2n) is 6.89. The molecule has 0 spiro atoms. The number of para-hydroxylation sites is 1. The Morgan fingerprint density at radius 3 is 2.47 bits per heavy atom. The van der Waals surface area contributed by atoms with Crippen molar-refractivity contribution in [1.82, 2.24) is 5.32 Å². The molecule has 0 aliphatic heterocycles. The fourth-order valence-corrected chi connectivity index (χ4v) is 3.83. The first-order chi connectivity index (χ1) is 14.4. The Balaban J connectivity index is 1.72. The molecule has 2 aromatic carbocycles. The van der Waals surface area contributed by atoms with Crippen LogP contribution in [0.5, 0.6) is 0 Å². The van der Waals surface area contributed by atoms with Crippen LogP contribution < -0.4 is 16.0 Å². The van der Waals surface area contributed by atoms with Gasteiger partial charge in [-0.25, -0.2) is 0 Å². The summed E-state index contributed by atoms with van der Waals surface area (Å²) in [6.45, 7) is 3.37. The number of amides is 3. The van der Waals surface area contributed by atoms with E-state index in [1.165, 1.54) is 18.3 Å². The highest BCUT2D eigenvalue weighted by Gasteiger charge is 2.20. The van der Waals surface area contributed by atoms with E-state index in [1.807, 2.05) is 48.7 Å². The minimum Gasteiger partial charge on any atom is -0.348 e. The third kappa shape index (κ3) is 5.78. The van der Waals surface area contributed by atoms with Crippen molar-refractivity contribution in [2.75, 3.05) is 10.6 Å². The highest BCUT2D eigenvalue weighted by Crippen LogP contribution is 2.24. The van der Waals surface area contributed by atoms with E-state index in [-0.39, 0.29) is 24.1 Å². The second kappa shape index (κ2) is 9.84. The van der Waals surface area contributed by atoms with Gasteiger partial charge < -0.3 is 16.0 Å². The van der Waals surface area contributed by atoms with Crippen LogP contribution in [0, 0.1) is 6.92 Å². The van der Waals surface area contributed by atoms with Crippen molar-refractivity contribution in [1.29, 1.82) is 0 Å². The molecule has 1 unspecified atom stereocenters. The molecule has 0 bridgehead atoms. The van der Waals surface area contributed by atoms with E-state index in [0.717, 1.165) is 10.4 Å². The normalized spacial score (nSPS) is 11.4. The number of carbonyl (C=O) groups excluding carboxylic acids is 3. The van der Waals surface area contributed by atoms with Gasteiger partial charge in [-0.2, -0.15) is 0 Å². The van der Waals surface area contributed by atoms with Crippen molar-refractivity contribution < 1.29 is 14.4 Å². The monoisotopic (exact) mass is 421 g/mol. The number of rotatable bonds is 7. The molecule has 0 aliphatic carbocycles. The van der Waals surface area contributed by atoms with E-state index in [0.29, 0.717) is 16.9 Å². The minimum atomic E-state index is -0.421. The zero-order chi connectivity index (χ0) is 21.5. The predicted octanol–water partition coefficient (Wildman–Crippen LogP) is 4.51. The average molecular weight is 422 g/mol. The van der Waals surface area contributed by atoms with Crippen LogP contribution in [-0.2, 0) is 9.59 Å². The van der Waals surface area contributed by atoms with Crippen LogP contribution >= 0.6 is 11.3 Å². The summed E-state index contributed by atoms with van der Waals surface area (Å²) >= 11 is 1.47. The van der Waals surface area contributed by atoms with Gasteiger partial charge in [0, 0.05) is 17.5 Å². The fourth-order valence-electron chi connectivity index (χ4n) is 3.06. The van der Waals surface area contributed by atoms with E-state index in [2.05, 4.69) is 16.0 Å². The van der Waals surface area contributed by atoms with Gasteiger partial charge in [-0.1, -0.05) is 30.3 Å². The molecule has 0 saturated heterocycles. The van der Waals surface area contributed by atoms with Gasteiger partial charge >= 0.3 is 0 Å². The molecule has 3 rings (SSSR count). The molecule has 0 fully saturated rings. The molecule has 1 aromatic heterocycles. The van der Waals surface area contributed by atoms with Crippen molar-refractivity contribution in [3.05, 3.63) is 82.0 Å². The maximum atomic E-state index is 12.8. The van der Waals surface area contributed by atoms with Gasteiger partial charge in [-0.05, 0) is 48.2 Å². The van der Waals surface area contributed by atoms with Gasteiger partial charge in [0.05, 0.1) is 23.7 Å². The molecule has 1 atom stereocenters. The highest BCUT2D eigenvalue weighted by molar-refractivity contribution is 7.10. The summed E-state index contributed by atoms with van der Waals surface area (Å²) in [6.07, 6.45) is 0.0634. The fraction of sp³-hybridized carbons (Fsp3) is 0.174. The second-order valence-corrected chi connectivity index (χ2v) is 7.87. The lowest BCUT2D eigenvalue weighted by Crippen LogP contribution is -2.29. The molecule has 30 heavy (non-hydrogen) atoms. The zero-order valence-corrected chi connectivity index (χ0v) is 17.6. The third-order valence-corrected chi connectivity index (χ3v) is 5.36. The van der Waals surface area contributed by atoms with Gasteiger partial charge in [-0.15, -0.1) is 11.3 Å². The number of carbonyl (C=O) groups is 3. The summed E-state index contributed by atoms with van der Waals surface area (Å²) in [5.74, 6) is -0.815. The Bertz CT molecular complexity index is 1050. The van der Waals surface area contributed by atoms with E-state index >= 15 is 0 Å². The summed E-state index contributed by atoms with van der Waals surface area (Å²) < 4.78 is 0. The molecule has 6 nitrogen and oxygen atoms in total. The zero-order valence-electron chi connectivity index (χ0n) is 16.8. The SMILES string of the molecule is CC(=O)NC(CC(=O)Nc1ccccc1C(=O)Nc1cccc(C)c1)c1cccs1. The summed E-state index contributed by atoms with van der Waals surface area (Å²) in [5, 5.41) is 10.4. The molecule has 154 valence electrons. The lowest BCUT2D eigenvalue weighted by molar-refractivity contribution is -0.120. The van der Waals surface area contributed by atoms with Gasteiger partial charge in [0.2, 0.25) is 11.8 Å². The molecular formula is C23H23N3O3S. The Kier molecular flexibility index (Phi) is 6.98. The van der Waals surface area contributed by atoms with Crippen molar-refractivity contribution in [3.8, 4) is 0 Å². The smallest absolute Gasteiger partial charge is 0.257 e. The Labute approximate surface area is 179 Å². The first kappa shape index (κ1) is 21.3. The highest BCUT2D eigenvalue weighted by atomic mass is 32.1. The van der Waals surface area contributed by atoms with Crippen LogP contribution in [0.4, 0.5) is 11.4 Å². The molecule has 7 heteroatoms. The number of aryl methyl sites for hydroxylation is 1. The first-order valence-corrected chi connectivity index (χ1v) is 10.4. The lowest BCUT2D eigenvalue weighted by atomic mass is 10.1. The number of anilines is 2. The van der Waals surface area contributed by atoms with Crippen molar-refractivity contribution in [2.24, 2.45) is 0 Å².